The van der Waals surface area contributed by atoms with Crippen LogP contribution in [0.25, 0.3) is 11.1 Å². The van der Waals surface area contributed by atoms with Gasteiger partial charge in [0.05, 0.1) is 62.5 Å². The van der Waals surface area contributed by atoms with E-state index in [1.54, 1.807) is 73.8 Å². The summed E-state index contributed by atoms with van der Waals surface area (Å²) in [4.78, 5) is 51.8. The van der Waals surface area contributed by atoms with Crippen LogP contribution in [0.4, 0.5) is 30.2 Å². The van der Waals surface area contributed by atoms with Crippen molar-refractivity contribution >= 4 is 58.4 Å². The van der Waals surface area contributed by atoms with Crippen LogP contribution in [0.1, 0.15) is 74.0 Å². The van der Waals surface area contributed by atoms with Gasteiger partial charge in [0.2, 0.25) is 11.8 Å². The van der Waals surface area contributed by atoms with Crippen molar-refractivity contribution in [1.82, 2.24) is 15.1 Å². The molecule has 19 heteroatoms. The van der Waals surface area contributed by atoms with Crippen LogP contribution >= 0.6 is 0 Å². The highest BCUT2D eigenvalue weighted by Gasteiger charge is 2.42. The predicted molar refractivity (Wildman–Crippen MR) is 257 cm³/mol. The van der Waals surface area contributed by atoms with Gasteiger partial charge in [-0.3, -0.25) is 24.4 Å². The number of aliphatic hydroxyl groups is 1. The molecule has 8 rings (SSSR count). The van der Waals surface area contributed by atoms with Gasteiger partial charge in [-0.15, -0.1) is 13.2 Å². The Kier molecular flexibility index (Phi) is 14.0. The Morgan fingerprint density at radius 3 is 2.01 bits per heavy atom. The first kappa shape index (κ1) is 49.1. The normalized spacial score (nSPS) is 19.9. The van der Waals surface area contributed by atoms with Gasteiger partial charge in [0, 0.05) is 61.1 Å². The van der Waals surface area contributed by atoms with E-state index in [1.807, 2.05) is 37.1 Å². The van der Waals surface area contributed by atoms with Gasteiger partial charge in [0.25, 0.3) is 5.91 Å². The molecule has 1 unspecified atom stereocenters. The number of hydrogen-bond acceptors (Lipinski definition) is 13. The number of rotatable bonds is 16. The number of fused-ring (bicyclic) bond motifs is 4. The zero-order chi connectivity index (χ0) is 50.1. The summed E-state index contributed by atoms with van der Waals surface area (Å²) < 4.78 is 65.6. The zero-order valence-electron chi connectivity index (χ0n) is 39.4. The van der Waals surface area contributed by atoms with Crippen molar-refractivity contribution in [2.24, 2.45) is 21.6 Å². The van der Waals surface area contributed by atoms with Gasteiger partial charge < -0.3 is 55.0 Å². The number of benzene rings is 4. The van der Waals surface area contributed by atoms with Gasteiger partial charge in [0.1, 0.15) is 11.8 Å². The largest absolute Gasteiger partial charge is 0.573 e. The summed E-state index contributed by atoms with van der Waals surface area (Å²) in [6, 6.07) is 17.3. The van der Waals surface area contributed by atoms with Crippen LogP contribution in [0.15, 0.2) is 95.2 Å². The number of nitrogens with two attached hydrogens (primary N) is 1. The highest BCUT2D eigenvalue weighted by Crippen LogP contribution is 2.47. The lowest BCUT2D eigenvalue weighted by atomic mass is 9.99. The molecule has 3 amide bonds. The Labute approximate surface area is 402 Å². The lowest BCUT2D eigenvalue weighted by Gasteiger charge is -2.37. The third kappa shape index (κ3) is 10.4. The Bertz CT molecular complexity index is 2770. The molecule has 0 saturated heterocycles. The Hall–Kier alpha value is -7.38. The van der Waals surface area contributed by atoms with E-state index in [0.29, 0.717) is 76.0 Å². The number of carbonyl (C=O) groups is 3. The molecule has 70 heavy (non-hydrogen) atoms. The minimum absolute atomic E-state index is 0.0693. The van der Waals surface area contributed by atoms with E-state index in [0.717, 1.165) is 16.7 Å². The van der Waals surface area contributed by atoms with Gasteiger partial charge in [-0.25, -0.2) is 0 Å². The van der Waals surface area contributed by atoms with E-state index in [9.17, 15) is 32.7 Å². The highest BCUT2D eigenvalue weighted by atomic mass is 19.4. The quantitative estimate of drug-likeness (QED) is 0.0798. The van der Waals surface area contributed by atoms with E-state index in [4.69, 9.17) is 29.7 Å². The SMILES string of the molecule is COc1cc2c(cc1OCCCOc1cc3c(cc1OC)C(C)(O)N1C=C(c4ccc(NC(=O)[C@H](C)NC(=O)[C@@H](N)C(C)C)cc4)C[C@H]1C=N3)N=C[C@@H]1CC(c3ccc(OC(F)(F)F)cc3)=CN1C2=O. The molecule has 16 nitrogen and oxygen atoms in total. The molecule has 0 radical (unpaired) electrons. The number of ether oxygens (including phenoxy) is 5. The molecule has 0 aliphatic carbocycles. The van der Waals surface area contributed by atoms with Crippen LogP contribution in [0, 0.1) is 5.92 Å². The fraction of sp³-hybridized carbons (Fsp3) is 0.353. The van der Waals surface area contributed by atoms with Gasteiger partial charge in [0.15, 0.2) is 28.7 Å². The van der Waals surface area contributed by atoms with Crippen molar-refractivity contribution in [2.75, 3.05) is 32.8 Å². The molecule has 4 aromatic carbocycles. The molecular formula is C51H54F3N7O9. The summed E-state index contributed by atoms with van der Waals surface area (Å²) in [7, 11) is 2.99. The second-order valence-corrected chi connectivity index (χ2v) is 17.8. The van der Waals surface area contributed by atoms with Crippen molar-refractivity contribution < 1.29 is 56.3 Å². The molecule has 0 fully saturated rings. The fourth-order valence-electron chi connectivity index (χ4n) is 8.58. The average molecular weight is 966 g/mol. The number of aliphatic imine (C=N–C) groups is 2. The molecule has 5 N–H and O–H groups in total. The van der Waals surface area contributed by atoms with Gasteiger partial charge in [-0.1, -0.05) is 38.1 Å². The monoisotopic (exact) mass is 965 g/mol. The molecule has 4 aromatic rings. The number of hydrogen-bond donors (Lipinski definition) is 4. The summed E-state index contributed by atoms with van der Waals surface area (Å²) in [6.07, 6.45) is 3.67. The average Bonchev–Trinajstić information content (AvgIpc) is 3.92. The lowest BCUT2D eigenvalue weighted by molar-refractivity contribution is -0.274. The van der Waals surface area contributed by atoms with Gasteiger partial charge >= 0.3 is 6.36 Å². The van der Waals surface area contributed by atoms with E-state index < -0.39 is 36.1 Å². The van der Waals surface area contributed by atoms with E-state index in [1.165, 1.54) is 38.5 Å². The van der Waals surface area contributed by atoms with Crippen molar-refractivity contribution in [2.45, 2.75) is 83.2 Å². The zero-order valence-corrected chi connectivity index (χ0v) is 39.4. The van der Waals surface area contributed by atoms with Crippen LogP contribution in [0.3, 0.4) is 0 Å². The van der Waals surface area contributed by atoms with Gasteiger partial charge in [-0.05, 0) is 84.9 Å². The maximum absolute atomic E-state index is 13.8. The minimum atomic E-state index is -4.80. The molecule has 0 spiro atoms. The van der Waals surface area contributed by atoms with Crippen molar-refractivity contribution in [1.29, 1.82) is 0 Å². The summed E-state index contributed by atoms with van der Waals surface area (Å²) in [6.45, 7) is 7.43. The Morgan fingerprint density at radius 1 is 0.814 bits per heavy atom. The third-order valence-electron chi connectivity index (χ3n) is 12.5. The van der Waals surface area contributed by atoms with Crippen molar-refractivity contribution in [3.05, 3.63) is 107 Å². The second-order valence-electron chi connectivity index (χ2n) is 17.8. The number of amides is 3. The lowest BCUT2D eigenvalue weighted by Crippen LogP contribution is -2.50. The van der Waals surface area contributed by atoms with E-state index in [2.05, 4.69) is 20.4 Å². The standard InChI is InChI=1S/C51H54F3N7O9/c1-28(2)46(55)48(63)58-29(3)47(62)59-34-12-8-30(9-13-34)33-19-36-25-57-41-23-45(43(67-6)21-39(41)50(4,65)61(36)27-33)69-17-7-16-68-44-22-40-38(20-42(44)66-5)49(64)60-26-32(18-35(60)24-56-40)31-10-14-37(15-11-31)70-51(52,53)54/h8-15,20-29,35-36,46,65H,7,16-19,55H2,1-6H3,(H,58,63)(H,59,62)/t29-,35-,36-,46-,50?/m0/s1. The number of nitrogens with zero attached hydrogens (tertiary/aromatic N) is 4. The third-order valence-corrected chi connectivity index (χ3v) is 12.5. The maximum atomic E-state index is 13.8. The number of halogens is 3. The summed E-state index contributed by atoms with van der Waals surface area (Å²) in [5.41, 5.74) is 9.99. The fourth-order valence-corrected chi connectivity index (χ4v) is 8.58. The molecule has 4 aliphatic rings. The number of nitrogens with one attached hydrogen (secondary N) is 2. The van der Waals surface area contributed by atoms with Crippen LogP contribution in [0.2, 0.25) is 0 Å². The topological polar surface area (TPSA) is 199 Å². The maximum Gasteiger partial charge on any atom is 0.573 e. The first-order chi connectivity index (χ1) is 33.3. The molecule has 0 aromatic heterocycles. The number of carbonyl (C=O) groups excluding carboxylic acids is 3. The van der Waals surface area contributed by atoms with Crippen LogP contribution < -0.4 is 40.1 Å². The number of anilines is 1. The molecule has 4 aliphatic heterocycles. The van der Waals surface area contributed by atoms with Crippen molar-refractivity contribution in [3.63, 3.8) is 0 Å². The van der Waals surface area contributed by atoms with Gasteiger partial charge in [-0.2, -0.15) is 0 Å². The summed E-state index contributed by atoms with van der Waals surface area (Å²) in [5, 5.41) is 17.6. The predicted octanol–water partition coefficient (Wildman–Crippen LogP) is 7.84. The Balaban J connectivity index is 0.870. The van der Waals surface area contributed by atoms with Crippen LogP contribution in [-0.4, -0.2) is 103 Å². The van der Waals surface area contributed by atoms with Crippen LogP contribution in [-0.2, 0) is 15.3 Å². The smallest absolute Gasteiger partial charge is 0.493 e. The highest BCUT2D eigenvalue weighted by molar-refractivity contribution is 6.05. The van der Waals surface area contributed by atoms with E-state index >= 15 is 0 Å². The molecule has 0 saturated carbocycles. The molecule has 5 atom stereocenters. The minimum Gasteiger partial charge on any atom is -0.493 e. The van der Waals surface area contributed by atoms with Crippen LogP contribution in [0.5, 0.6) is 28.7 Å². The van der Waals surface area contributed by atoms with E-state index in [-0.39, 0.29) is 42.7 Å². The number of methoxy groups -OCH3 is 2. The first-order valence-corrected chi connectivity index (χ1v) is 22.7. The molecule has 368 valence electrons. The Morgan fingerprint density at radius 2 is 1.39 bits per heavy atom. The second kappa shape index (κ2) is 19.9. The number of alkyl halides is 3. The summed E-state index contributed by atoms with van der Waals surface area (Å²) in [5.74, 6) is 0.0442. The first-order valence-electron chi connectivity index (χ1n) is 22.7. The summed E-state index contributed by atoms with van der Waals surface area (Å²) >= 11 is 0. The molecular weight excluding hydrogens is 912 g/mol. The molecule has 0 bridgehead atoms. The molecule has 4 heterocycles. The van der Waals surface area contributed by atoms with Crippen molar-refractivity contribution in [3.8, 4) is 28.7 Å².